The van der Waals surface area contributed by atoms with Gasteiger partial charge in [-0.2, -0.15) is 13.2 Å². The number of halogens is 3. The molecule has 1 saturated heterocycles. The van der Waals surface area contributed by atoms with E-state index in [2.05, 4.69) is 10.2 Å². The zero-order chi connectivity index (χ0) is 19.6. The predicted octanol–water partition coefficient (Wildman–Crippen LogP) is 4.24. The third kappa shape index (κ3) is 4.75. The molecule has 0 spiro atoms. The molecule has 1 aromatic carbocycles. The highest BCUT2D eigenvalue weighted by molar-refractivity contribution is 5.97. The highest BCUT2D eigenvalue weighted by atomic mass is 19.4. The van der Waals surface area contributed by atoms with Gasteiger partial charge in [-0.15, -0.1) is 0 Å². The summed E-state index contributed by atoms with van der Waals surface area (Å²) in [7, 11) is 0. The van der Waals surface area contributed by atoms with Crippen LogP contribution in [0.1, 0.15) is 61.9 Å². The largest absolute Gasteiger partial charge is 0.490 e. The van der Waals surface area contributed by atoms with E-state index >= 15 is 0 Å². The molecule has 150 valence electrons. The molecule has 4 nitrogen and oxygen atoms in total. The summed E-state index contributed by atoms with van der Waals surface area (Å²) >= 11 is 0. The number of carbonyl (C=O) groups is 1. The minimum atomic E-state index is -4.48. The number of rotatable bonds is 5. The van der Waals surface area contributed by atoms with Crippen molar-refractivity contribution in [2.24, 2.45) is 0 Å². The van der Waals surface area contributed by atoms with Crippen LogP contribution in [0.5, 0.6) is 5.75 Å². The van der Waals surface area contributed by atoms with E-state index in [1.165, 1.54) is 18.9 Å². The maximum absolute atomic E-state index is 13.0. The fourth-order valence-electron chi connectivity index (χ4n) is 4.10. The number of amides is 1. The Hall–Kier alpha value is -1.76. The van der Waals surface area contributed by atoms with Crippen LogP contribution in [-0.4, -0.2) is 42.1 Å². The van der Waals surface area contributed by atoms with Gasteiger partial charge in [-0.1, -0.05) is 0 Å². The molecule has 1 aromatic rings. The summed E-state index contributed by atoms with van der Waals surface area (Å²) in [6.45, 7) is 5.56. The van der Waals surface area contributed by atoms with E-state index in [0.717, 1.165) is 44.5 Å². The van der Waals surface area contributed by atoms with Crippen molar-refractivity contribution < 1.29 is 22.7 Å². The maximum atomic E-state index is 13.0. The average Bonchev–Trinajstić information content (AvgIpc) is 3.24. The second kappa shape index (κ2) is 8.09. The monoisotopic (exact) mass is 384 g/mol. The highest BCUT2D eigenvalue weighted by Crippen LogP contribution is 2.34. The van der Waals surface area contributed by atoms with Gasteiger partial charge in [0, 0.05) is 12.1 Å². The normalized spacial score (nSPS) is 23.8. The smallest absolute Gasteiger partial charge is 0.416 e. The van der Waals surface area contributed by atoms with E-state index < -0.39 is 11.7 Å². The van der Waals surface area contributed by atoms with E-state index in [-0.39, 0.29) is 29.4 Å². The summed E-state index contributed by atoms with van der Waals surface area (Å²) in [5.41, 5.74) is -0.658. The van der Waals surface area contributed by atoms with E-state index in [9.17, 15) is 18.0 Å². The lowest BCUT2D eigenvalue weighted by atomic mass is 10.1. The Kier molecular flexibility index (Phi) is 5.99. The van der Waals surface area contributed by atoms with Gasteiger partial charge in [-0.05, 0) is 77.2 Å². The molecule has 0 radical (unpaired) electrons. The van der Waals surface area contributed by atoms with Crippen LogP contribution in [0.2, 0.25) is 0 Å². The maximum Gasteiger partial charge on any atom is 0.416 e. The number of nitrogens with zero attached hydrogens (tertiary/aromatic N) is 1. The van der Waals surface area contributed by atoms with Crippen molar-refractivity contribution in [3.05, 3.63) is 29.3 Å². The lowest BCUT2D eigenvalue weighted by molar-refractivity contribution is -0.137. The first kappa shape index (κ1) is 20.0. The van der Waals surface area contributed by atoms with Gasteiger partial charge < -0.3 is 10.1 Å². The van der Waals surface area contributed by atoms with Gasteiger partial charge in [0.1, 0.15) is 5.75 Å². The van der Waals surface area contributed by atoms with Crippen LogP contribution in [0.4, 0.5) is 13.2 Å². The molecule has 7 heteroatoms. The number of hydrogen-bond donors (Lipinski definition) is 1. The van der Waals surface area contributed by atoms with Crippen LogP contribution >= 0.6 is 0 Å². The van der Waals surface area contributed by atoms with Gasteiger partial charge in [0.25, 0.3) is 5.91 Å². The predicted molar refractivity (Wildman–Crippen MR) is 96.9 cm³/mol. The number of likely N-dealkylation sites (tertiary alicyclic amines) is 1. The summed E-state index contributed by atoms with van der Waals surface area (Å²) in [4.78, 5) is 15.3. The number of hydrogen-bond acceptors (Lipinski definition) is 3. The molecule has 3 rings (SSSR count). The average molecular weight is 384 g/mol. The number of alkyl halides is 3. The molecule has 27 heavy (non-hydrogen) atoms. The Labute approximate surface area is 158 Å². The Balaban J connectivity index is 1.78. The van der Waals surface area contributed by atoms with Crippen LogP contribution in [-0.2, 0) is 6.18 Å². The summed E-state index contributed by atoms with van der Waals surface area (Å²) in [6, 6.07) is 3.43. The SMILES string of the molecule is CC(C)Oc1cc(C(F)(F)F)ccc1C(=O)N[C@@H]1CCC[C@H]1N1CCCC1. The molecule has 1 saturated carbocycles. The Bertz CT molecular complexity index is 670. The standard InChI is InChI=1S/C20H27F3N2O2/c1-13(2)27-18-12-14(20(21,22)23)8-9-15(18)19(26)24-16-6-5-7-17(16)25-10-3-4-11-25/h8-9,12-13,16-17H,3-7,10-11H2,1-2H3,(H,24,26)/t16-,17-/m1/s1. The van der Waals surface area contributed by atoms with Crippen LogP contribution in [0.15, 0.2) is 18.2 Å². The lowest BCUT2D eigenvalue weighted by Gasteiger charge is -2.30. The van der Waals surface area contributed by atoms with Crippen molar-refractivity contribution in [2.75, 3.05) is 13.1 Å². The molecule has 1 N–H and O–H groups in total. The van der Waals surface area contributed by atoms with Crippen molar-refractivity contribution in [1.29, 1.82) is 0 Å². The van der Waals surface area contributed by atoms with Gasteiger partial charge in [0.05, 0.1) is 17.2 Å². The van der Waals surface area contributed by atoms with Crippen molar-refractivity contribution in [1.82, 2.24) is 10.2 Å². The molecule has 0 unspecified atom stereocenters. The number of ether oxygens (including phenoxy) is 1. The third-order valence-electron chi connectivity index (χ3n) is 5.32. The summed E-state index contributed by atoms with van der Waals surface area (Å²) in [5.74, 6) is -0.386. The summed E-state index contributed by atoms with van der Waals surface area (Å²) < 4.78 is 44.6. The molecule has 1 amide bonds. The van der Waals surface area contributed by atoms with Crippen molar-refractivity contribution >= 4 is 5.91 Å². The van der Waals surface area contributed by atoms with Gasteiger partial charge >= 0.3 is 6.18 Å². The van der Waals surface area contributed by atoms with E-state index in [0.29, 0.717) is 6.04 Å². The van der Waals surface area contributed by atoms with Gasteiger partial charge in [-0.25, -0.2) is 0 Å². The van der Waals surface area contributed by atoms with Crippen molar-refractivity contribution in [2.45, 2.75) is 70.3 Å². The molecule has 0 bridgehead atoms. The summed E-state index contributed by atoms with van der Waals surface area (Å²) in [5, 5.41) is 3.05. The minimum Gasteiger partial charge on any atom is -0.490 e. The molecule has 2 aliphatic rings. The van der Waals surface area contributed by atoms with Gasteiger partial charge in [-0.3, -0.25) is 9.69 Å². The van der Waals surface area contributed by atoms with Gasteiger partial charge in [0.15, 0.2) is 0 Å². The first-order valence-electron chi connectivity index (χ1n) is 9.68. The minimum absolute atomic E-state index is 0.0203. The fraction of sp³-hybridized carbons (Fsp3) is 0.650. The second-order valence-corrected chi connectivity index (χ2v) is 7.70. The molecule has 0 aromatic heterocycles. The number of nitrogens with one attached hydrogen (secondary N) is 1. The van der Waals surface area contributed by atoms with Crippen LogP contribution in [0, 0.1) is 0 Å². The number of carbonyl (C=O) groups excluding carboxylic acids is 1. The Morgan fingerprint density at radius 1 is 1.19 bits per heavy atom. The third-order valence-corrected chi connectivity index (χ3v) is 5.32. The first-order valence-corrected chi connectivity index (χ1v) is 9.68. The quantitative estimate of drug-likeness (QED) is 0.826. The zero-order valence-electron chi connectivity index (χ0n) is 15.8. The van der Waals surface area contributed by atoms with Crippen molar-refractivity contribution in [3.8, 4) is 5.75 Å². The molecular weight excluding hydrogens is 357 g/mol. The molecule has 2 fully saturated rings. The van der Waals surface area contributed by atoms with E-state index in [4.69, 9.17) is 4.74 Å². The van der Waals surface area contributed by atoms with E-state index in [1.54, 1.807) is 13.8 Å². The van der Waals surface area contributed by atoms with Crippen LogP contribution in [0.3, 0.4) is 0 Å². The fourth-order valence-corrected chi connectivity index (χ4v) is 4.10. The van der Waals surface area contributed by atoms with Crippen LogP contribution in [0.25, 0.3) is 0 Å². The summed E-state index contributed by atoms with van der Waals surface area (Å²) in [6.07, 6.45) is 0.556. The van der Waals surface area contributed by atoms with Crippen molar-refractivity contribution in [3.63, 3.8) is 0 Å². The molecule has 2 atom stereocenters. The highest BCUT2D eigenvalue weighted by Gasteiger charge is 2.36. The van der Waals surface area contributed by atoms with E-state index in [1.807, 2.05) is 0 Å². The molecule has 1 aliphatic heterocycles. The van der Waals surface area contributed by atoms with Gasteiger partial charge in [0.2, 0.25) is 0 Å². The van der Waals surface area contributed by atoms with Crippen LogP contribution < -0.4 is 10.1 Å². The number of benzene rings is 1. The Morgan fingerprint density at radius 3 is 2.52 bits per heavy atom. The first-order chi connectivity index (χ1) is 12.8. The lowest BCUT2D eigenvalue weighted by Crippen LogP contribution is -2.47. The Morgan fingerprint density at radius 2 is 1.89 bits per heavy atom. The second-order valence-electron chi connectivity index (χ2n) is 7.70. The molecular formula is C20H27F3N2O2. The zero-order valence-corrected chi connectivity index (χ0v) is 15.8. The molecule has 1 aliphatic carbocycles. The topological polar surface area (TPSA) is 41.6 Å². The molecule has 1 heterocycles.